The first-order valence-corrected chi connectivity index (χ1v) is 5.79. The van der Waals surface area contributed by atoms with Crippen molar-refractivity contribution in [1.29, 1.82) is 5.26 Å². The summed E-state index contributed by atoms with van der Waals surface area (Å²) in [6.45, 7) is 4.90. The third-order valence-corrected chi connectivity index (χ3v) is 3.02. The zero-order valence-corrected chi connectivity index (χ0v) is 9.79. The van der Waals surface area contributed by atoms with Gasteiger partial charge in [-0.15, -0.1) is 0 Å². The van der Waals surface area contributed by atoms with Gasteiger partial charge in [0.25, 0.3) is 5.56 Å². The van der Waals surface area contributed by atoms with Crippen LogP contribution in [0.3, 0.4) is 0 Å². The second-order valence-electron chi connectivity index (χ2n) is 4.80. The summed E-state index contributed by atoms with van der Waals surface area (Å²) in [5.74, 6) is 0.427. The highest BCUT2D eigenvalue weighted by atomic mass is 16.1. The van der Waals surface area contributed by atoms with Gasteiger partial charge < -0.3 is 4.57 Å². The van der Waals surface area contributed by atoms with E-state index in [9.17, 15) is 4.79 Å². The Morgan fingerprint density at radius 1 is 1.50 bits per heavy atom. The molecule has 1 aromatic heterocycles. The van der Waals surface area contributed by atoms with Crippen molar-refractivity contribution in [1.82, 2.24) is 4.57 Å². The van der Waals surface area contributed by atoms with Crippen molar-refractivity contribution in [3.8, 4) is 6.07 Å². The Balaban J connectivity index is 2.61. The Kier molecular flexibility index (Phi) is 2.82. The summed E-state index contributed by atoms with van der Waals surface area (Å²) in [6, 6.07) is 3.78. The van der Waals surface area contributed by atoms with Gasteiger partial charge in [0.15, 0.2) is 0 Å². The molecule has 0 atom stereocenters. The molecule has 1 aromatic rings. The summed E-state index contributed by atoms with van der Waals surface area (Å²) in [6.07, 6.45) is 3.08. The van der Waals surface area contributed by atoms with Crippen LogP contribution in [0.15, 0.2) is 10.9 Å². The number of fused-ring (bicyclic) bond motifs is 1. The molecule has 1 aliphatic rings. The molecule has 0 aliphatic heterocycles. The number of nitrogens with zero attached hydrogens (tertiary/aromatic N) is 2. The van der Waals surface area contributed by atoms with Crippen LogP contribution in [-0.2, 0) is 19.4 Å². The van der Waals surface area contributed by atoms with Crippen molar-refractivity contribution in [2.24, 2.45) is 5.92 Å². The first-order valence-electron chi connectivity index (χ1n) is 5.79. The summed E-state index contributed by atoms with van der Waals surface area (Å²) in [4.78, 5) is 12.0. The number of rotatable bonds is 2. The quantitative estimate of drug-likeness (QED) is 0.757. The van der Waals surface area contributed by atoms with E-state index in [-0.39, 0.29) is 5.56 Å². The fraction of sp³-hybridized carbons (Fsp3) is 0.538. The molecule has 84 valence electrons. The minimum atomic E-state index is -0.114. The maximum absolute atomic E-state index is 12.0. The summed E-state index contributed by atoms with van der Waals surface area (Å²) in [5, 5.41) is 8.94. The van der Waals surface area contributed by atoms with Crippen LogP contribution in [0, 0.1) is 17.2 Å². The molecule has 0 bridgehead atoms. The average Bonchev–Trinajstić information content (AvgIpc) is 2.69. The van der Waals surface area contributed by atoms with Gasteiger partial charge in [-0.1, -0.05) is 13.8 Å². The van der Waals surface area contributed by atoms with Crippen LogP contribution in [0.1, 0.15) is 37.1 Å². The Morgan fingerprint density at radius 2 is 2.25 bits per heavy atom. The highest BCUT2D eigenvalue weighted by Gasteiger charge is 2.19. The zero-order chi connectivity index (χ0) is 11.7. The van der Waals surface area contributed by atoms with Crippen molar-refractivity contribution in [3.63, 3.8) is 0 Å². The van der Waals surface area contributed by atoms with Gasteiger partial charge in [0.1, 0.15) is 11.6 Å². The molecule has 0 unspecified atom stereocenters. The van der Waals surface area contributed by atoms with Crippen LogP contribution in [-0.4, -0.2) is 4.57 Å². The van der Waals surface area contributed by atoms with Crippen LogP contribution in [0.25, 0.3) is 0 Å². The number of aryl methyl sites for hydroxylation is 1. The first-order chi connectivity index (χ1) is 7.63. The van der Waals surface area contributed by atoms with Crippen molar-refractivity contribution in [3.05, 3.63) is 33.2 Å². The molecule has 0 amide bonds. The van der Waals surface area contributed by atoms with E-state index in [4.69, 9.17) is 5.26 Å². The monoisotopic (exact) mass is 216 g/mol. The van der Waals surface area contributed by atoms with E-state index in [1.54, 1.807) is 6.07 Å². The lowest BCUT2D eigenvalue weighted by molar-refractivity contribution is 0.497. The predicted octanol–water partition coefficient (Wildman–Crippen LogP) is 1.86. The molecular formula is C13H16N2O. The van der Waals surface area contributed by atoms with Crippen LogP contribution < -0.4 is 5.56 Å². The van der Waals surface area contributed by atoms with Gasteiger partial charge in [-0.25, -0.2) is 0 Å². The standard InChI is InChI=1S/C13H16N2O/c1-9(2)8-15-12-5-3-4-10(12)6-11(7-14)13(15)16/h6,9H,3-5,8H2,1-2H3. The minimum absolute atomic E-state index is 0.114. The topological polar surface area (TPSA) is 45.8 Å². The molecule has 2 rings (SSSR count). The molecule has 0 aromatic carbocycles. The highest BCUT2D eigenvalue weighted by Crippen LogP contribution is 2.21. The summed E-state index contributed by atoms with van der Waals surface area (Å²) in [5.41, 5.74) is 2.52. The Morgan fingerprint density at radius 3 is 2.88 bits per heavy atom. The van der Waals surface area contributed by atoms with Gasteiger partial charge in [0.05, 0.1) is 0 Å². The SMILES string of the molecule is CC(C)Cn1c2c(cc(C#N)c1=O)CCC2. The molecule has 3 nitrogen and oxygen atoms in total. The smallest absolute Gasteiger partial charge is 0.268 e. The second-order valence-corrected chi connectivity index (χ2v) is 4.80. The molecule has 0 saturated heterocycles. The number of hydrogen-bond acceptors (Lipinski definition) is 2. The van der Waals surface area contributed by atoms with Gasteiger partial charge in [-0.2, -0.15) is 5.26 Å². The summed E-state index contributed by atoms with van der Waals surface area (Å²) in [7, 11) is 0. The largest absolute Gasteiger partial charge is 0.311 e. The lowest BCUT2D eigenvalue weighted by Crippen LogP contribution is -2.27. The van der Waals surface area contributed by atoms with Crippen LogP contribution in [0.2, 0.25) is 0 Å². The number of nitriles is 1. The first kappa shape index (κ1) is 10.9. The van der Waals surface area contributed by atoms with Gasteiger partial charge in [0.2, 0.25) is 0 Å². The van der Waals surface area contributed by atoms with Crippen molar-refractivity contribution in [2.45, 2.75) is 39.7 Å². The van der Waals surface area contributed by atoms with Gasteiger partial charge >= 0.3 is 0 Å². The van der Waals surface area contributed by atoms with Gasteiger partial charge in [0, 0.05) is 12.2 Å². The van der Waals surface area contributed by atoms with E-state index in [0.717, 1.165) is 31.5 Å². The molecule has 1 heterocycles. The molecule has 0 fully saturated rings. The van der Waals surface area contributed by atoms with E-state index < -0.39 is 0 Å². The molecular weight excluding hydrogens is 200 g/mol. The minimum Gasteiger partial charge on any atom is -0.311 e. The fourth-order valence-corrected chi connectivity index (χ4v) is 2.36. The molecule has 0 radical (unpaired) electrons. The highest BCUT2D eigenvalue weighted by molar-refractivity contribution is 5.36. The van der Waals surface area contributed by atoms with Crippen molar-refractivity contribution < 1.29 is 0 Å². The van der Waals surface area contributed by atoms with E-state index >= 15 is 0 Å². The Labute approximate surface area is 95.3 Å². The predicted molar refractivity (Wildman–Crippen MR) is 62.3 cm³/mol. The zero-order valence-electron chi connectivity index (χ0n) is 9.79. The van der Waals surface area contributed by atoms with E-state index in [2.05, 4.69) is 13.8 Å². The third kappa shape index (κ3) is 1.76. The molecule has 0 N–H and O–H groups in total. The molecule has 0 saturated carbocycles. The lowest BCUT2D eigenvalue weighted by atomic mass is 10.1. The molecule has 3 heteroatoms. The van der Waals surface area contributed by atoms with Crippen LogP contribution in [0.4, 0.5) is 0 Å². The summed E-state index contributed by atoms with van der Waals surface area (Å²) >= 11 is 0. The van der Waals surface area contributed by atoms with Crippen molar-refractivity contribution in [2.75, 3.05) is 0 Å². The molecule has 0 spiro atoms. The maximum atomic E-state index is 12.0. The number of aromatic nitrogens is 1. The maximum Gasteiger partial charge on any atom is 0.268 e. The average molecular weight is 216 g/mol. The Bertz CT molecular complexity index is 506. The second kappa shape index (κ2) is 4.13. The summed E-state index contributed by atoms with van der Waals surface area (Å²) < 4.78 is 1.81. The van der Waals surface area contributed by atoms with E-state index in [1.165, 1.54) is 5.56 Å². The van der Waals surface area contributed by atoms with Crippen molar-refractivity contribution >= 4 is 0 Å². The fourth-order valence-electron chi connectivity index (χ4n) is 2.36. The van der Waals surface area contributed by atoms with Crippen LogP contribution >= 0.6 is 0 Å². The third-order valence-electron chi connectivity index (χ3n) is 3.02. The number of pyridine rings is 1. The molecule has 1 aliphatic carbocycles. The van der Waals surface area contributed by atoms with Gasteiger partial charge in [-0.3, -0.25) is 4.79 Å². The molecule has 16 heavy (non-hydrogen) atoms. The lowest BCUT2D eigenvalue weighted by Gasteiger charge is -2.14. The van der Waals surface area contributed by atoms with E-state index in [0.29, 0.717) is 11.5 Å². The van der Waals surface area contributed by atoms with E-state index in [1.807, 2.05) is 10.6 Å². The number of hydrogen-bond donors (Lipinski definition) is 0. The van der Waals surface area contributed by atoms with Gasteiger partial charge in [-0.05, 0) is 36.8 Å². The van der Waals surface area contributed by atoms with Crippen LogP contribution in [0.5, 0.6) is 0 Å². The Hall–Kier alpha value is -1.56. The normalized spacial score (nSPS) is 13.9.